The summed E-state index contributed by atoms with van der Waals surface area (Å²) in [6.45, 7) is 3.07. The molecule has 1 aliphatic heterocycles. The Hall–Kier alpha value is -1.70. The highest BCUT2D eigenvalue weighted by atomic mass is 79.9. The lowest BCUT2D eigenvalue weighted by atomic mass is 10.2. The Kier molecular flexibility index (Phi) is 5.27. The van der Waals surface area contributed by atoms with Crippen LogP contribution in [0.5, 0.6) is 0 Å². The van der Waals surface area contributed by atoms with E-state index < -0.39 is 10.0 Å². The van der Waals surface area contributed by atoms with Crippen molar-refractivity contribution in [3.05, 3.63) is 58.1 Å². The van der Waals surface area contributed by atoms with Crippen LogP contribution >= 0.6 is 15.9 Å². The van der Waals surface area contributed by atoms with Gasteiger partial charge in [-0.1, -0.05) is 15.9 Å². The minimum Gasteiger partial charge on any atom is -0.322 e. The predicted molar refractivity (Wildman–Crippen MR) is 101 cm³/mol. The number of hydrogen-bond donors (Lipinski definition) is 1. The summed E-state index contributed by atoms with van der Waals surface area (Å²) in [4.78, 5) is 12.6. The van der Waals surface area contributed by atoms with Crippen molar-refractivity contribution in [2.24, 2.45) is 0 Å². The zero-order valence-corrected chi connectivity index (χ0v) is 16.2. The minimum absolute atomic E-state index is 0.227. The van der Waals surface area contributed by atoms with Crippen LogP contribution in [0.2, 0.25) is 0 Å². The predicted octanol–water partition coefficient (Wildman–Crippen LogP) is 3.79. The van der Waals surface area contributed by atoms with Crippen LogP contribution in [-0.2, 0) is 10.0 Å². The van der Waals surface area contributed by atoms with E-state index in [-0.39, 0.29) is 10.8 Å². The summed E-state index contributed by atoms with van der Waals surface area (Å²) in [5.41, 5.74) is 2.13. The molecule has 1 heterocycles. The maximum absolute atomic E-state index is 12.5. The zero-order chi connectivity index (χ0) is 18.0. The van der Waals surface area contributed by atoms with Crippen LogP contribution < -0.4 is 5.32 Å². The van der Waals surface area contributed by atoms with E-state index in [0.717, 1.165) is 22.9 Å². The highest BCUT2D eigenvalue weighted by Crippen LogP contribution is 2.22. The Bertz CT molecular complexity index is 889. The first kappa shape index (κ1) is 18.1. The Labute approximate surface area is 156 Å². The molecule has 0 aliphatic carbocycles. The Balaban J connectivity index is 1.75. The largest absolute Gasteiger partial charge is 0.322 e. The summed E-state index contributed by atoms with van der Waals surface area (Å²) >= 11 is 3.42. The fourth-order valence-electron chi connectivity index (χ4n) is 2.78. The molecule has 5 nitrogen and oxygen atoms in total. The van der Waals surface area contributed by atoms with Gasteiger partial charge in [-0.05, 0) is 67.8 Å². The lowest BCUT2D eigenvalue weighted by Gasteiger charge is -2.15. The number of benzene rings is 2. The Morgan fingerprint density at radius 2 is 1.72 bits per heavy atom. The quantitative estimate of drug-likeness (QED) is 0.814. The molecule has 1 aliphatic rings. The van der Waals surface area contributed by atoms with Crippen molar-refractivity contribution >= 4 is 37.5 Å². The van der Waals surface area contributed by atoms with Crippen LogP contribution in [0.15, 0.2) is 51.8 Å². The first-order chi connectivity index (χ1) is 11.9. The first-order valence-electron chi connectivity index (χ1n) is 8.05. The average molecular weight is 423 g/mol. The zero-order valence-electron chi connectivity index (χ0n) is 13.8. The van der Waals surface area contributed by atoms with Gasteiger partial charge in [0.05, 0.1) is 4.90 Å². The molecule has 1 N–H and O–H groups in total. The van der Waals surface area contributed by atoms with Crippen LogP contribution in [-0.4, -0.2) is 31.7 Å². The van der Waals surface area contributed by atoms with Gasteiger partial charge < -0.3 is 5.32 Å². The van der Waals surface area contributed by atoms with Gasteiger partial charge in [-0.25, -0.2) is 8.42 Å². The number of anilines is 1. The molecule has 0 radical (unpaired) electrons. The third kappa shape index (κ3) is 3.94. The lowest BCUT2D eigenvalue weighted by Crippen LogP contribution is -2.27. The van der Waals surface area contributed by atoms with E-state index in [1.54, 1.807) is 18.2 Å². The molecular weight excluding hydrogens is 404 g/mol. The Morgan fingerprint density at radius 1 is 1.08 bits per heavy atom. The number of aryl methyl sites for hydroxylation is 1. The van der Waals surface area contributed by atoms with E-state index in [4.69, 9.17) is 0 Å². The lowest BCUT2D eigenvalue weighted by molar-refractivity contribution is 0.102. The van der Waals surface area contributed by atoms with Gasteiger partial charge in [0.25, 0.3) is 5.91 Å². The molecule has 2 aromatic rings. The molecule has 1 saturated heterocycles. The molecule has 0 atom stereocenters. The number of halogens is 1. The normalized spacial score (nSPS) is 15.3. The molecule has 7 heteroatoms. The van der Waals surface area contributed by atoms with Gasteiger partial charge >= 0.3 is 0 Å². The number of amides is 1. The van der Waals surface area contributed by atoms with Crippen LogP contribution in [0.3, 0.4) is 0 Å². The van der Waals surface area contributed by atoms with E-state index in [2.05, 4.69) is 21.2 Å². The van der Waals surface area contributed by atoms with E-state index >= 15 is 0 Å². The fourth-order valence-corrected chi connectivity index (χ4v) is 4.55. The Morgan fingerprint density at radius 3 is 2.32 bits per heavy atom. The molecular formula is C18H19BrN2O3S. The van der Waals surface area contributed by atoms with Crippen LogP contribution in [0.1, 0.15) is 28.8 Å². The second-order valence-corrected chi connectivity index (χ2v) is 8.85. The molecule has 25 heavy (non-hydrogen) atoms. The van der Waals surface area contributed by atoms with Crippen molar-refractivity contribution in [3.8, 4) is 0 Å². The summed E-state index contributed by atoms with van der Waals surface area (Å²) in [5.74, 6) is -0.271. The van der Waals surface area contributed by atoms with Gasteiger partial charge in [-0.3, -0.25) is 4.79 Å². The summed E-state index contributed by atoms with van der Waals surface area (Å²) in [5, 5.41) is 2.82. The van der Waals surface area contributed by atoms with Gasteiger partial charge in [-0.15, -0.1) is 0 Å². The molecule has 3 rings (SSSR count). The molecule has 1 amide bonds. The molecule has 0 spiro atoms. The first-order valence-corrected chi connectivity index (χ1v) is 10.3. The highest BCUT2D eigenvalue weighted by molar-refractivity contribution is 9.10. The average Bonchev–Trinajstić information content (AvgIpc) is 3.14. The number of carbonyl (C=O) groups is 1. The monoisotopic (exact) mass is 422 g/mol. The van der Waals surface area contributed by atoms with Crippen LogP contribution in [0.25, 0.3) is 0 Å². The number of carbonyl (C=O) groups excluding carboxylic acids is 1. The van der Waals surface area contributed by atoms with Crippen molar-refractivity contribution in [2.45, 2.75) is 24.7 Å². The number of sulfonamides is 1. The third-order valence-corrected chi connectivity index (χ3v) is 7.04. The highest BCUT2D eigenvalue weighted by Gasteiger charge is 2.27. The number of hydrogen-bond acceptors (Lipinski definition) is 3. The van der Waals surface area contributed by atoms with Crippen molar-refractivity contribution in [1.29, 1.82) is 0 Å². The van der Waals surface area contributed by atoms with Crippen molar-refractivity contribution in [1.82, 2.24) is 4.31 Å². The van der Waals surface area contributed by atoms with Gasteiger partial charge in [-0.2, -0.15) is 4.31 Å². The van der Waals surface area contributed by atoms with E-state index in [0.29, 0.717) is 24.3 Å². The molecule has 0 unspecified atom stereocenters. The standard InChI is InChI=1S/C18H19BrN2O3S/c1-13-12-15(6-9-17(13)19)20-18(22)14-4-7-16(8-5-14)25(23,24)21-10-2-3-11-21/h4-9,12H,2-3,10-11H2,1H3,(H,20,22). The number of nitrogens with zero attached hydrogens (tertiary/aromatic N) is 1. The molecule has 2 aromatic carbocycles. The summed E-state index contributed by atoms with van der Waals surface area (Å²) in [6.07, 6.45) is 1.79. The van der Waals surface area contributed by atoms with E-state index in [1.807, 2.05) is 19.1 Å². The van der Waals surface area contributed by atoms with Gasteiger partial charge in [0.15, 0.2) is 0 Å². The van der Waals surface area contributed by atoms with Crippen LogP contribution in [0.4, 0.5) is 5.69 Å². The van der Waals surface area contributed by atoms with Crippen molar-refractivity contribution < 1.29 is 13.2 Å². The molecule has 0 aromatic heterocycles. The van der Waals surface area contributed by atoms with Gasteiger partial charge in [0, 0.05) is 28.8 Å². The van der Waals surface area contributed by atoms with Crippen LogP contribution in [0, 0.1) is 6.92 Å². The maximum Gasteiger partial charge on any atom is 0.255 e. The van der Waals surface area contributed by atoms with Crippen molar-refractivity contribution in [2.75, 3.05) is 18.4 Å². The number of nitrogens with one attached hydrogen (secondary N) is 1. The molecule has 132 valence electrons. The third-order valence-electron chi connectivity index (χ3n) is 4.24. The van der Waals surface area contributed by atoms with Gasteiger partial charge in [0.2, 0.25) is 10.0 Å². The van der Waals surface area contributed by atoms with E-state index in [1.165, 1.54) is 16.4 Å². The van der Waals surface area contributed by atoms with E-state index in [9.17, 15) is 13.2 Å². The second-order valence-electron chi connectivity index (χ2n) is 6.05. The smallest absolute Gasteiger partial charge is 0.255 e. The molecule has 1 fully saturated rings. The SMILES string of the molecule is Cc1cc(NC(=O)c2ccc(S(=O)(=O)N3CCCC3)cc2)ccc1Br. The number of rotatable bonds is 4. The maximum atomic E-state index is 12.5. The topological polar surface area (TPSA) is 66.5 Å². The van der Waals surface area contributed by atoms with Crippen molar-refractivity contribution in [3.63, 3.8) is 0 Å². The molecule has 0 saturated carbocycles. The fraction of sp³-hybridized carbons (Fsp3) is 0.278. The summed E-state index contributed by atoms with van der Waals surface area (Å²) < 4.78 is 27.5. The molecule has 0 bridgehead atoms. The summed E-state index contributed by atoms with van der Waals surface area (Å²) in [6, 6.07) is 11.6. The second kappa shape index (κ2) is 7.27. The summed E-state index contributed by atoms with van der Waals surface area (Å²) in [7, 11) is -3.45. The van der Waals surface area contributed by atoms with Gasteiger partial charge in [0.1, 0.15) is 0 Å². The minimum atomic E-state index is -3.45.